The van der Waals surface area contributed by atoms with E-state index in [-0.39, 0.29) is 5.91 Å². The second kappa shape index (κ2) is 8.20. The van der Waals surface area contributed by atoms with Gasteiger partial charge in [0.1, 0.15) is 33.2 Å². The Balaban J connectivity index is 1.52. The van der Waals surface area contributed by atoms with Crippen molar-refractivity contribution in [1.82, 2.24) is 4.98 Å². The van der Waals surface area contributed by atoms with E-state index in [4.69, 9.17) is 14.2 Å². The molecule has 4 aromatic rings. The number of carbonyl (C=O) groups is 1. The van der Waals surface area contributed by atoms with Crippen LogP contribution in [0.15, 0.2) is 66.7 Å². The fourth-order valence-corrected chi connectivity index (χ4v) is 3.78. The average molecular weight is 406 g/mol. The van der Waals surface area contributed by atoms with Crippen molar-refractivity contribution in [3.05, 3.63) is 72.3 Å². The van der Waals surface area contributed by atoms with Gasteiger partial charge in [-0.2, -0.15) is 0 Å². The fraction of sp³-hybridized carbons (Fsp3) is 0.0909. The quantitative estimate of drug-likeness (QED) is 0.467. The van der Waals surface area contributed by atoms with Crippen LogP contribution in [0.1, 0.15) is 10.4 Å². The molecule has 1 amide bonds. The van der Waals surface area contributed by atoms with E-state index in [1.165, 1.54) is 11.3 Å². The van der Waals surface area contributed by atoms with E-state index < -0.39 is 0 Å². The zero-order valence-electron chi connectivity index (χ0n) is 15.8. The molecule has 1 aromatic heterocycles. The van der Waals surface area contributed by atoms with Gasteiger partial charge >= 0.3 is 0 Å². The number of ether oxygens (including phenoxy) is 3. The monoisotopic (exact) mass is 406 g/mol. The summed E-state index contributed by atoms with van der Waals surface area (Å²) in [5, 5.41) is 3.31. The smallest absolute Gasteiger partial charge is 0.257 e. The summed E-state index contributed by atoms with van der Waals surface area (Å²) in [5.74, 6) is 2.44. The molecule has 0 aliphatic heterocycles. The van der Waals surface area contributed by atoms with E-state index in [1.54, 1.807) is 44.6 Å². The maximum absolute atomic E-state index is 12.6. The van der Waals surface area contributed by atoms with Gasteiger partial charge in [0.2, 0.25) is 0 Å². The zero-order chi connectivity index (χ0) is 20.2. The Labute approximate surface area is 171 Å². The number of amides is 1. The fourth-order valence-electron chi connectivity index (χ4n) is 2.81. The number of nitrogens with one attached hydrogen (secondary N) is 1. The Morgan fingerprint density at radius 1 is 0.862 bits per heavy atom. The van der Waals surface area contributed by atoms with Gasteiger partial charge in [0.05, 0.1) is 14.2 Å². The number of benzene rings is 3. The van der Waals surface area contributed by atoms with Gasteiger partial charge in [0.15, 0.2) is 5.13 Å². The normalized spacial score (nSPS) is 10.6. The Morgan fingerprint density at radius 2 is 1.52 bits per heavy atom. The molecule has 0 aliphatic rings. The van der Waals surface area contributed by atoms with Gasteiger partial charge in [-0.1, -0.05) is 29.5 Å². The summed E-state index contributed by atoms with van der Waals surface area (Å²) in [7, 11) is 3.18. The summed E-state index contributed by atoms with van der Waals surface area (Å²) in [6.07, 6.45) is 0. The van der Waals surface area contributed by atoms with Crippen molar-refractivity contribution in [3.8, 4) is 23.0 Å². The standard InChI is InChI=1S/C22H18N2O4S/c1-26-17-12-13-18(27-2)20-19(17)23-22(29-20)24-21(25)14-8-10-16(11-9-14)28-15-6-4-3-5-7-15/h3-13H,1-2H3,(H,23,24,25). The highest BCUT2D eigenvalue weighted by molar-refractivity contribution is 7.22. The minimum Gasteiger partial charge on any atom is -0.495 e. The highest BCUT2D eigenvalue weighted by Gasteiger charge is 2.16. The molecule has 4 rings (SSSR count). The number of thiazole rings is 1. The van der Waals surface area contributed by atoms with Crippen LogP contribution < -0.4 is 19.5 Å². The molecule has 0 aliphatic carbocycles. The molecule has 0 atom stereocenters. The van der Waals surface area contributed by atoms with Crippen LogP contribution in [-0.2, 0) is 0 Å². The van der Waals surface area contributed by atoms with Crippen LogP contribution in [0.25, 0.3) is 10.2 Å². The molecular formula is C22H18N2O4S. The molecule has 0 spiro atoms. The number of anilines is 1. The van der Waals surface area contributed by atoms with Gasteiger partial charge in [0, 0.05) is 5.56 Å². The van der Waals surface area contributed by atoms with Crippen LogP contribution in [-0.4, -0.2) is 25.1 Å². The predicted octanol–water partition coefficient (Wildman–Crippen LogP) is 5.36. The molecule has 0 radical (unpaired) electrons. The van der Waals surface area contributed by atoms with Crippen molar-refractivity contribution >= 4 is 32.6 Å². The summed E-state index contributed by atoms with van der Waals surface area (Å²) in [4.78, 5) is 17.1. The highest BCUT2D eigenvalue weighted by atomic mass is 32.1. The second-order valence-corrected chi connectivity index (χ2v) is 7.06. The number of carbonyl (C=O) groups excluding carboxylic acids is 1. The van der Waals surface area contributed by atoms with Gasteiger partial charge in [-0.25, -0.2) is 4.98 Å². The summed E-state index contributed by atoms with van der Waals surface area (Å²) >= 11 is 1.33. The van der Waals surface area contributed by atoms with E-state index in [2.05, 4.69) is 10.3 Å². The first-order valence-electron chi connectivity index (χ1n) is 8.84. The first-order chi connectivity index (χ1) is 14.2. The molecule has 0 bridgehead atoms. The van der Waals surface area contributed by atoms with Gasteiger partial charge in [0.25, 0.3) is 5.91 Å². The molecule has 0 saturated heterocycles. The molecular weight excluding hydrogens is 388 g/mol. The summed E-state index contributed by atoms with van der Waals surface area (Å²) in [5.41, 5.74) is 1.15. The molecule has 1 heterocycles. The third kappa shape index (κ3) is 4.00. The van der Waals surface area contributed by atoms with Gasteiger partial charge < -0.3 is 14.2 Å². The average Bonchev–Trinajstić information content (AvgIpc) is 3.18. The van der Waals surface area contributed by atoms with Crippen molar-refractivity contribution in [3.63, 3.8) is 0 Å². The van der Waals surface area contributed by atoms with E-state index in [0.29, 0.717) is 33.5 Å². The van der Waals surface area contributed by atoms with Crippen molar-refractivity contribution in [1.29, 1.82) is 0 Å². The molecule has 6 nitrogen and oxygen atoms in total. The molecule has 0 unspecified atom stereocenters. The number of hydrogen-bond donors (Lipinski definition) is 1. The lowest BCUT2D eigenvalue weighted by Gasteiger charge is -2.06. The van der Waals surface area contributed by atoms with Crippen molar-refractivity contribution in [2.24, 2.45) is 0 Å². The minimum absolute atomic E-state index is 0.256. The first kappa shape index (κ1) is 18.8. The highest BCUT2D eigenvalue weighted by Crippen LogP contribution is 2.38. The maximum atomic E-state index is 12.6. The van der Waals surface area contributed by atoms with Crippen LogP contribution in [0.3, 0.4) is 0 Å². The van der Waals surface area contributed by atoms with E-state index in [9.17, 15) is 4.79 Å². The number of nitrogens with zero attached hydrogens (tertiary/aromatic N) is 1. The molecule has 146 valence electrons. The number of fused-ring (bicyclic) bond motifs is 1. The Hall–Kier alpha value is -3.58. The number of hydrogen-bond acceptors (Lipinski definition) is 6. The molecule has 7 heteroatoms. The molecule has 0 saturated carbocycles. The molecule has 3 aromatic carbocycles. The van der Waals surface area contributed by atoms with Crippen LogP contribution >= 0.6 is 11.3 Å². The topological polar surface area (TPSA) is 69.7 Å². The van der Waals surface area contributed by atoms with Crippen LogP contribution in [0, 0.1) is 0 Å². The van der Waals surface area contributed by atoms with E-state index in [1.807, 2.05) is 36.4 Å². The lowest BCUT2D eigenvalue weighted by molar-refractivity contribution is 0.102. The van der Waals surface area contributed by atoms with Crippen LogP contribution in [0.2, 0.25) is 0 Å². The Kier molecular flexibility index (Phi) is 5.31. The lowest BCUT2D eigenvalue weighted by Crippen LogP contribution is -2.11. The lowest BCUT2D eigenvalue weighted by atomic mass is 10.2. The predicted molar refractivity (Wildman–Crippen MR) is 114 cm³/mol. The number of aromatic nitrogens is 1. The first-order valence-corrected chi connectivity index (χ1v) is 9.65. The summed E-state index contributed by atoms with van der Waals surface area (Å²) in [6.45, 7) is 0. The van der Waals surface area contributed by atoms with Gasteiger partial charge in [-0.3, -0.25) is 10.1 Å². The third-order valence-electron chi connectivity index (χ3n) is 4.23. The van der Waals surface area contributed by atoms with Crippen LogP contribution in [0.5, 0.6) is 23.0 Å². The van der Waals surface area contributed by atoms with E-state index >= 15 is 0 Å². The molecule has 0 fully saturated rings. The summed E-state index contributed by atoms with van der Waals surface area (Å²) in [6, 6.07) is 20.0. The Bertz CT molecular complexity index is 1100. The number of para-hydroxylation sites is 1. The maximum Gasteiger partial charge on any atom is 0.257 e. The zero-order valence-corrected chi connectivity index (χ0v) is 16.7. The van der Waals surface area contributed by atoms with Gasteiger partial charge in [-0.15, -0.1) is 0 Å². The van der Waals surface area contributed by atoms with Crippen molar-refractivity contribution < 1.29 is 19.0 Å². The molecule has 1 N–H and O–H groups in total. The van der Waals surface area contributed by atoms with E-state index in [0.717, 1.165) is 10.4 Å². The van der Waals surface area contributed by atoms with Crippen molar-refractivity contribution in [2.45, 2.75) is 0 Å². The SMILES string of the molecule is COc1ccc(OC)c2sc(NC(=O)c3ccc(Oc4ccccc4)cc3)nc12. The Morgan fingerprint density at radius 3 is 2.21 bits per heavy atom. The minimum atomic E-state index is -0.256. The largest absolute Gasteiger partial charge is 0.495 e. The molecule has 29 heavy (non-hydrogen) atoms. The number of rotatable bonds is 6. The van der Waals surface area contributed by atoms with Gasteiger partial charge in [-0.05, 0) is 48.5 Å². The van der Waals surface area contributed by atoms with Crippen molar-refractivity contribution in [2.75, 3.05) is 19.5 Å². The summed E-state index contributed by atoms with van der Waals surface area (Å²) < 4.78 is 17.3. The third-order valence-corrected chi connectivity index (χ3v) is 5.21. The van der Waals surface area contributed by atoms with Crippen LogP contribution in [0.4, 0.5) is 5.13 Å². The number of methoxy groups -OCH3 is 2. The second-order valence-electron chi connectivity index (χ2n) is 6.06.